The van der Waals surface area contributed by atoms with Gasteiger partial charge in [0.25, 0.3) is 0 Å². The number of nitrogens with one attached hydrogen (secondary N) is 1. The highest BCUT2D eigenvalue weighted by Crippen LogP contribution is 2.21. The van der Waals surface area contributed by atoms with Crippen molar-refractivity contribution in [3.05, 3.63) is 59.9 Å². The van der Waals surface area contributed by atoms with Crippen molar-refractivity contribution < 1.29 is 19.0 Å². The lowest BCUT2D eigenvalue weighted by Gasteiger charge is -2.19. The van der Waals surface area contributed by atoms with Crippen LogP contribution in [0.2, 0.25) is 0 Å². The molecule has 2 aromatic carbocycles. The largest absolute Gasteiger partial charge is 0.457 e. The summed E-state index contributed by atoms with van der Waals surface area (Å²) in [6.07, 6.45) is -0.566. The molecule has 0 aromatic heterocycles. The van der Waals surface area contributed by atoms with Crippen LogP contribution in [0.3, 0.4) is 0 Å². The fourth-order valence-corrected chi connectivity index (χ4v) is 2.11. The van der Waals surface area contributed by atoms with E-state index in [1.807, 2.05) is 12.1 Å². The Morgan fingerprint density at radius 1 is 1.17 bits per heavy atom. The molecule has 2 amide bonds. The summed E-state index contributed by atoms with van der Waals surface area (Å²) in [5, 5.41) is 12.0. The van der Waals surface area contributed by atoms with Gasteiger partial charge in [0.1, 0.15) is 17.3 Å². The van der Waals surface area contributed by atoms with Crippen LogP contribution in [0, 0.1) is 5.82 Å². The average Bonchev–Trinajstić information content (AvgIpc) is 2.55. The maximum Gasteiger partial charge on any atom is 0.317 e. The van der Waals surface area contributed by atoms with Crippen molar-refractivity contribution in [2.75, 3.05) is 13.6 Å². The van der Waals surface area contributed by atoms with Crippen LogP contribution in [0.15, 0.2) is 48.5 Å². The van der Waals surface area contributed by atoms with Gasteiger partial charge in [0, 0.05) is 20.1 Å². The van der Waals surface area contributed by atoms with Crippen molar-refractivity contribution in [2.24, 2.45) is 0 Å². The molecule has 0 aliphatic carbocycles. The van der Waals surface area contributed by atoms with Crippen LogP contribution in [-0.2, 0) is 6.54 Å². The first-order valence-corrected chi connectivity index (χ1v) is 7.63. The highest BCUT2D eigenvalue weighted by atomic mass is 19.1. The second-order valence-electron chi connectivity index (χ2n) is 5.59. The third-order valence-corrected chi connectivity index (χ3v) is 3.30. The highest BCUT2D eigenvalue weighted by molar-refractivity contribution is 5.73. The average molecular weight is 332 g/mol. The van der Waals surface area contributed by atoms with Gasteiger partial charge in [-0.3, -0.25) is 0 Å². The van der Waals surface area contributed by atoms with Crippen molar-refractivity contribution in [1.82, 2.24) is 10.2 Å². The first-order chi connectivity index (χ1) is 11.4. The van der Waals surface area contributed by atoms with Gasteiger partial charge in [0.05, 0.1) is 6.10 Å². The van der Waals surface area contributed by atoms with Gasteiger partial charge in [0.15, 0.2) is 0 Å². The zero-order chi connectivity index (χ0) is 17.5. The number of hydrogen-bond acceptors (Lipinski definition) is 3. The van der Waals surface area contributed by atoms with Crippen molar-refractivity contribution in [2.45, 2.75) is 19.6 Å². The maximum absolute atomic E-state index is 12.8. The summed E-state index contributed by atoms with van der Waals surface area (Å²) in [7, 11) is 1.63. The lowest BCUT2D eigenvalue weighted by molar-refractivity contribution is 0.143. The van der Waals surface area contributed by atoms with Gasteiger partial charge in [-0.25, -0.2) is 9.18 Å². The molecule has 5 nitrogen and oxygen atoms in total. The quantitative estimate of drug-likeness (QED) is 0.854. The van der Waals surface area contributed by atoms with E-state index in [4.69, 9.17) is 4.74 Å². The number of nitrogens with zero attached hydrogens (tertiary/aromatic N) is 1. The Hall–Kier alpha value is -2.60. The Morgan fingerprint density at radius 3 is 2.25 bits per heavy atom. The number of rotatable bonds is 6. The number of amides is 2. The van der Waals surface area contributed by atoms with Crippen molar-refractivity contribution in [1.29, 1.82) is 0 Å². The molecule has 0 saturated heterocycles. The van der Waals surface area contributed by atoms with Crippen LogP contribution < -0.4 is 10.1 Å². The summed E-state index contributed by atoms with van der Waals surface area (Å²) in [6.45, 7) is 2.28. The number of halogens is 1. The zero-order valence-electron chi connectivity index (χ0n) is 13.7. The van der Waals surface area contributed by atoms with Crippen LogP contribution in [0.5, 0.6) is 11.5 Å². The van der Waals surface area contributed by atoms with Gasteiger partial charge >= 0.3 is 6.03 Å². The lowest BCUT2D eigenvalue weighted by atomic mass is 10.2. The molecule has 2 N–H and O–H groups in total. The van der Waals surface area contributed by atoms with Gasteiger partial charge in [-0.05, 0) is 48.9 Å². The summed E-state index contributed by atoms with van der Waals surface area (Å²) in [6, 6.07) is 12.8. The number of aliphatic hydroxyl groups excluding tert-OH is 1. The molecule has 0 spiro atoms. The minimum atomic E-state index is -0.566. The van der Waals surface area contributed by atoms with Gasteiger partial charge in [-0.1, -0.05) is 12.1 Å². The molecule has 2 aromatic rings. The van der Waals surface area contributed by atoms with E-state index < -0.39 is 6.10 Å². The minimum absolute atomic E-state index is 0.248. The summed E-state index contributed by atoms with van der Waals surface area (Å²) in [5.74, 6) is 0.870. The van der Waals surface area contributed by atoms with Crippen LogP contribution in [-0.4, -0.2) is 35.7 Å². The van der Waals surface area contributed by atoms with Crippen molar-refractivity contribution in [3.8, 4) is 11.5 Å². The smallest absolute Gasteiger partial charge is 0.317 e. The topological polar surface area (TPSA) is 61.8 Å². The summed E-state index contributed by atoms with van der Waals surface area (Å²) in [4.78, 5) is 13.3. The van der Waals surface area contributed by atoms with Gasteiger partial charge in [-0.15, -0.1) is 0 Å². The molecule has 128 valence electrons. The lowest BCUT2D eigenvalue weighted by Crippen LogP contribution is -2.40. The first-order valence-electron chi connectivity index (χ1n) is 7.63. The fourth-order valence-electron chi connectivity index (χ4n) is 2.11. The molecule has 24 heavy (non-hydrogen) atoms. The normalized spacial score (nSPS) is 11.7. The molecule has 2 rings (SSSR count). The number of aliphatic hydroxyl groups is 1. The van der Waals surface area contributed by atoms with Crippen LogP contribution >= 0.6 is 0 Å². The predicted octanol–water partition coefficient (Wildman–Crippen LogP) is 3.14. The predicted molar refractivity (Wildman–Crippen MR) is 89.5 cm³/mol. The monoisotopic (exact) mass is 332 g/mol. The molecule has 0 bridgehead atoms. The number of urea groups is 1. The molecule has 1 atom stereocenters. The number of ether oxygens (including phenoxy) is 1. The molecular formula is C18H21FN2O3. The molecule has 0 saturated carbocycles. The van der Waals surface area contributed by atoms with E-state index >= 15 is 0 Å². The van der Waals surface area contributed by atoms with Crippen LogP contribution in [0.1, 0.15) is 12.5 Å². The minimum Gasteiger partial charge on any atom is -0.457 e. The van der Waals surface area contributed by atoms with E-state index in [1.165, 1.54) is 17.0 Å². The molecule has 0 radical (unpaired) electrons. The Bertz CT molecular complexity index is 657. The Labute approximate surface area is 140 Å². The van der Waals surface area contributed by atoms with Crippen molar-refractivity contribution in [3.63, 3.8) is 0 Å². The van der Waals surface area contributed by atoms with E-state index in [2.05, 4.69) is 5.32 Å². The molecule has 0 heterocycles. The third kappa shape index (κ3) is 5.55. The van der Waals surface area contributed by atoms with Crippen LogP contribution in [0.4, 0.5) is 9.18 Å². The fraction of sp³-hybridized carbons (Fsp3) is 0.278. The molecule has 0 aliphatic heterocycles. The second-order valence-corrected chi connectivity index (χ2v) is 5.59. The van der Waals surface area contributed by atoms with E-state index in [9.17, 15) is 14.3 Å². The number of hydrogen-bond donors (Lipinski definition) is 2. The van der Waals surface area contributed by atoms with E-state index in [0.29, 0.717) is 18.0 Å². The first kappa shape index (κ1) is 17.7. The summed E-state index contributed by atoms with van der Waals surface area (Å²) >= 11 is 0. The Kier molecular flexibility index (Phi) is 6.14. The number of carbonyl (C=O) groups excluding carboxylic acids is 1. The van der Waals surface area contributed by atoms with Gasteiger partial charge in [0.2, 0.25) is 0 Å². The van der Waals surface area contributed by atoms with E-state index in [0.717, 1.165) is 5.56 Å². The molecule has 1 unspecified atom stereocenters. The second kappa shape index (κ2) is 8.31. The van der Waals surface area contributed by atoms with E-state index in [-0.39, 0.29) is 18.4 Å². The summed E-state index contributed by atoms with van der Waals surface area (Å²) in [5.41, 5.74) is 0.917. The number of benzene rings is 2. The highest BCUT2D eigenvalue weighted by Gasteiger charge is 2.10. The van der Waals surface area contributed by atoms with Crippen LogP contribution in [0.25, 0.3) is 0 Å². The third-order valence-electron chi connectivity index (χ3n) is 3.30. The Morgan fingerprint density at radius 2 is 1.71 bits per heavy atom. The molecule has 0 fully saturated rings. The summed E-state index contributed by atoms with van der Waals surface area (Å²) < 4.78 is 18.5. The zero-order valence-corrected chi connectivity index (χ0v) is 13.7. The molecule has 6 heteroatoms. The van der Waals surface area contributed by atoms with Gasteiger partial charge < -0.3 is 20.1 Å². The molecule has 0 aliphatic rings. The van der Waals surface area contributed by atoms with E-state index in [1.54, 1.807) is 38.2 Å². The SMILES string of the molecule is CC(O)CN(C)C(=O)NCc1ccc(Oc2ccc(F)cc2)cc1. The maximum atomic E-state index is 12.8. The van der Waals surface area contributed by atoms with Gasteiger partial charge in [-0.2, -0.15) is 0 Å². The standard InChI is InChI=1S/C18H21FN2O3/c1-13(22)12-21(2)18(23)20-11-14-3-7-16(8-4-14)24-17-9-5-15(19)6-10-17/h3-10,13,22H,11-12H2,1-2H3,(H,20,23). The van der Waals surface area contributed by atoms with Crippen molar-refractivity contribution >= 4 is 6.03 Å². The number of likely N-dealkylation sites (N-methyl/N-ethyl adjacent to an activating group) is 1. The molecular weight excluding hydrogens is 311 g/mol. The number of carbonyl (C=O) groups is 1. The Balaban J connectivity index is 1.85.